The zero-order valence-corrected chi connectivity index (χ0v) is 6.30. The average molecular weight is 159 g/mol. The van der Waals surface area contributed by atoms with Crippen LogP contribution in [0.15, 0.2) is 12.3 Å². The third kappa shape index (κ3) is 1.93. The first-order valence-corrected chi connectivity index (χ1v) is 3.17. The Hall–Kier alpha value is -0.670. The van der Waals surface area contributed by atoms with Crippen LogP contribution in [0.4, 0.5) is 0 Å². The molecular formula is C6H7ClN2O. The standard InChI is InChI=1S/C6H7ClN2O/c1-10-4-6-2-5(7)3-8-9-6/h2-3H,4H2,1H3. The van der Waals surface area contributed by atoms with Gasteiger partial charge < -0.3 is 4.74 Å². The number of rotatable bonds is 2. The SMILES string of the molecule is COCc1cc(Cl)cnn1. The molecule has 0 amide bonds. The van der Waals surface area contributed by atoms with Crippen LogP contribution in [0.2, 0.25) is 5.02 Å². The fourth-order valence-electron chi connectivity index (χ4n) is 0.602. The topological polar surface area (TPSA) is 35.0 Å². The molecule has 0 radical (unpaired) electrons. The molecule has 0 aromatic carbocycles. The van der Waals surface area contributed by atoms with Crippen LogP contribution >= 0.6 is 11.6 Å². The van der Waals surface area contributed by atoms with E-state index in [1.807, 2.05) is 0 Å². The summed E-state index contributed by atoms with van der Waals surface area (Å²) in [5.74, 6) is 0. The molecule has 4 heteroatoms. The Bertz CT molecular complexity index is 217. The summed E-state index contributed by atoms with van der Waals surface area (Å²) < 4.78 is 4.82. The number of hydrogen-bond donors (Lipinski definition) is 0. The maximum atomic E-state index is 5.62. The van der Waals surface area contributed by atoms with Crippen LogP contribution in [0.5, 0.6) is 0 Å². The minimum Gasteiger partial charge on any atom is -0.378 e. The summed E-state index contributed by atoms with van der Waals surface area (Å²) in [5.41, 5.74) is 0.745. The first-order chi connectivity index (χ1) is 4.83. The number of methoxy groups -OCH3 is 1. The molecule has 1 rings (SSSR count). The van der Waals surface area contributed by atoms with Gasteiger partial charge in [0, 0.05) is 7.11 Å². The third-order valence-corrected chi connectivity index (χ3v) is 1.17. The number of nitrogens with zero attached hydrogens (tertiary/aromatic N) is 2. The monoisotopic (exact) mass is 158 g/mol. The first kappa shape index (κ1) is 7.44. The second-order valence-corrected chi connectivity index (χ2v) is 2.23. The molecular weight excluding hydrogens is 152 g/mol. The Morgan fingerprint density at radius 1 is 1.70 bits per heavy atom. The van der Waals surface area contributed by atoms with Crippen LogP contribution in [-0.4, -0.2) is 17.3 Å². The van der Waals surface area contributed by atoms with Crippen molar-refractivity contribution < 1.29 is 4.74 Å². The van der Waals surface area contributed by atoms with E-state index in [-0.39, 0.29) is 0 Å². The van der Waals surface area contributed by atoms with Crippen LogP contribution in [0.25, 0.3) is 0 Å². The fourth-order valence-corrected chi connectivity index (χ4v) is 0.771. The molecule has 0 aliphatic heterocycles. The van der Waals surface area contributed by atoms with Gasteiger partial charge in [-0.05, 0) is 6.07 Å². The number of hydrogen-bond acceptors (Lipinski definition) is 3. The van der Waals surface area contributed by atoms with E-state index in [1.54, 1.807) is 13.2 Å². The van der Waals surface area contributed by atoms with Crippen LogP contribution in [0.1, 0.15) is 5.69 Å². The number of aromatic nitrogens is 2. The van der Waals surface area contributed by atoms with Gasteiger partial charge in [-0.3, -0.25) is 0 Å². The highest BCUT2D eigenvalue weighted by molar-refractivity contribution is 6.30. The minimum absolute atomic E-state index is 0.452. The second kappa shape index (κ2) is 3.49. The highest BCUT2D eigenvalue weighted by Gasteiger charge is 1.93. The highest BCUT2D eigenvalue weighted by Crippen LogP contribution is 2.05. The third-order valence-electron chi connectivity index (χ3n) is 0.964. The van der Waals surface area contributed by atoms with E-state index in [1.165, 1.54) is 6.20 Å². The molecule has 0 saturated carbocycles. The molecule has 3 nitrogen and oxygen atoms in total. The van der Waals surface area contributed by atoms with Gasteiger partial charge in [-0.15, -0.1) is 0 Å². The van der Waals surface area contributed by atoms with E-state index < -0.39 is 0 Å². The second-order valence-electron chi connectivity index (χ2n) is 1.80. The molecule has 0 N–H and O–H groups in total. The van der Waals surface area contributed by atoms with E-state index in [0.29, 0.717) is 11.6 Å². The van der Waals surface area contributed by atoms with Crippen molar-refractivity contribution in [1.29, 1.82) is 0 Å². The predicted molar refractivity (Wildman–Crippen MR) is 37.8 cm³/mol. The zero-order chi connectivity index (χ0) is 7.40. The van der Waals surface area contributed by atoms with Gasteiger partial charge in [-0.1, -0.05) is 11.6 Å². The average Bonchev–Trinajstić information content (AvgIpc) is 1.88. The van der Waals surface area contributed by atoms with Gasteiger partial charge in [0.05, 0.1) is 23.5 Å². The van der Waals surface area contributed by atoms with Crippen LogP contribution in [-0.2, 0) is 11.3 Å². The van der Waals surface area contributed by atoms with Gasteiger partial charge in [0.15, 0.2) is 0 Å². The first-order valence-electron chi connectivity index (χ1n) is 2.79. The largest absolute Gasteiger partial charge is 0.378 e. The molecule has 0 atom stereocenters. The lowest BCUT2D eigenvalue weighted by molar-refractivity contribution is 0.180. The van der Waals surface area contributed by atoms with Crippen molar-refractivity contribution in [3.05, 3.63) is 23.0 Å². The smallest absolute Gasteiger partial charge is 0.0903 e. The summed E-state index contributed by atoms with van der Waals surface area (Å²) in [6, 6.07) is 1.72. The van der Waals surface area contributed by atoms with Crippen molar-refractivity contribution in [2.45, 2.75) is 6.61 Å². The van der Waals surface area contributed by atoms with E-state index >= 15 is 0 Å². The van der Waals surface area contributed by atoms with Crippen molar-refractivity contribution in [3.8, 4) is 0 Å². The van der Waals surface area contributed by atoms with Gasteiger partial charge in [0.25, 0.3) is 0 Å². The maximum absolute atomic E-state index is 5.62. The quantitative estimate of drug-likeness (QED) is 0.651. The van der Waals surface area contributed by atoms with Crippen molar-refractivity contribution >= 4 is 11.6 Å². The summed E-state index contributed by atoms with van der Waals surface area (Å²) in [5, 5.41) is 8.00. The summed E-state index contributed by atoms with van der Waals surface area (Å²) in [7, 11) is 1.60. The van der Waals surface area contributed by atoms with Crippen molar-refractivity contribution in [2.75, 3.05) is 7.11 Å². The Kier molecular flexibility index (Phi) is 2.59. The van der Waals surface area contributed by atoms with Gasteiger partial charge in [0.1, 0.15) is 0 Å². The normalized spacial score (nSPS) is 9.80. The molecule has 0 unspecified atom stereocenters. The molecule has 0 aliphatic rings. The lowest BCUT2D eigenvalue weighted by atomic mass is 10.4. The summed E-state index contributed by atoms with van der Waals surface area (Å²) in [6.07, 6.45) is 1.49. The lowest BCUT2D eigenvalue weighted by Crippen LogP contribution is -1.93. The maximum Gasteiger partial charge on any atom is 0.0903 e. The van der Waals surface area contributed by atoms with E-state index in [9.17, 15) is 0 Å². The highest BCUT2D eigenvalue weighted by atomic mass is 35.5. The van der Waals surface area contributed by atoms with E-state index in [2.05, 4.69) is 10.2 Å². The molecule has 0 spiro atoms. The zero-order valence-electron chi connectivity index (χ0n) is 5.54. The van der Waals surface area contributed by atoms with Crippen LogP contribution in [0.3, 0.4) is 0 Å². The Balaban J connectivity index is 2.75. The molecule has 1 heterocycles. The van der Waals surface area contributed by atoms with Gasteiger partial charge in [-0.2, -0.15) is 10.2 Å². The molecule has 1 aromatic rings. The molecule has 1 aromatic heterocycles. The van der Waals surface area contributed by atoms with Gasteiger partial charge in [-0.25, -0.2) is 0 Å². The Morgan fingerprint density at radius 2 is 2.50 bits per heavy atom. The molecule has 0 bridgehead atoms. The Labute approximate surface area is 64.0 Å². The Morgan fingerprint density at radius 3 is 3.10 bits per heavy atom. The number of ether oxygens (including phenoxy) is 1. The molecule has 54 valence electrons. The summed E-state index contributed by atoms with van der Waals surface area (Å²) >= 11 is 5.62. The van der Waals surface area contributed by atoms with Crippen molar-refractivity contribution in [3.63, 3.8) is 0 Å². The van der Waals surface area contributed by atoms with Crippen LogP contribution < -0.4 is 0 Å². The van der Waals surface area contributed by atoms with Crippen molar-refractivity contribution in [1.82, 2.24) is 10.2 Å². The summed E-state index contributed by atoms with van der Waals surface area (Å²) in [4.78, 5) is 0. The van der Waals surface area contributed by atoms with Gasteiger partial charge in [0.2, 0.25) is 0 Å². The van der Waals surface area contributed by atoms with Crippen LogP contribution in [0, 0.1) is 0 Å². The molecule has 0 saturated heterocycles. The summed E-state index contributed by atoms with van der Waals surface area (Å²) in [6.45, 7) is 0.452. The predicted octanol–water partition coefficient (Wildman–Crippen LogP) is 1.28. The van der Waals surface area contributed by atoms with E-state index in [0.717, 1.165) is 5.69 Å². The van der Waals surface area contributed by atoms with Crippen molar-refractivity contribution in [2.24, 2.45) is 0 Å². The van der Waals surface area contributed by atoms with Gasteiger partial charge >= 0.3 is 0 Å². The number of halogens is 1. The molecule has 10 heavy (non-hydrogen) atoms. The lowest BCUT2D eigenvalue weighted by Gasteiger charge is -1.95. The molecule has 0 fully saturated rings. The molecule has 0 aliphatic carbocycles. The minimum atomic E-state index is 0.452. The fraction of sp³-hybridized carbons (Fsp3) is 0.333. The van der Waals surface area contributed by atoms with E-state index in [4.69, 9.17) is 16.3 Å².